The average Bonchev–Trinajstić information content (AvgIpc) is 2.81. The molecule has 4 fully saturated rings. The third-order valence-corrected chi connectivity index (χ3v) is 6.10. The Labute approximate surface area is 116 Å². The van der Waals surface area contributed by atoms with Crippen molar-refractivity contribution in [3.63, 3.8) is 0 Å². The minimum absolute atomic E-state index is 0.748. The van der Waals surface area contributed by atoms with Gasteiger partial charge in [-0.15, -0.1) is 0 Å². The molecule has 5 rings (SSSR count). The zero-order valence-electron chi connectivity index (χ0n) is 11.8. The van der Waals surface area contributed by atoms with Gasteiger partial charge < -0.3 is 10.7 Å². The first-order chi connectivity index (χ1) is 9.31. The lowest BCUT2D eigenvalue weighted by Crippen LogP contribution is -2.45. The van der Waals surface area contributed by atoms with E-state index in [0.717, 1.165) is 42.6 Å². The minimum Gasteiger partial charge on any atom is -0.362 e. The molecule has 1 aromatic rings. The predicted molar refractivity (Wildman–Crippen MR) is 77.8 cm³/mol. The van der Waals surface area contributed by atoms with Gasteiger partial charge in [0.15, 0.2) is 0 Å². The van der Waals surface area contributed by atoms with Crippen LogP contribution in [0.3, 0.4) is 0 Å². The molecule has 4 aliphatic rings. The molecule has 0 aliphatic heterocycles. The van der Waals surface area contributed by atoms with Crippen LogP contribution >= 0.6 is 0 Å². The molecule has 1 heterocycles. The molecule has 0 aromatic carbocycles. The average molecular weight is 258 g/mol. The number of rotatable bonds is 4. The highest BCUT2D eigenvalue weighted by Crippen LogP contribution is 2.57. The van der Waals surface area contributed by atoms with Crippen molar-refractivity contribution in [3.8, 4) is 0 Å². The summed E-state index contributed by atoms with van der Waals surface area (Å²) in [6.45, 7) is 0.748. The van der Waals surface area contributed by atoms with Gasteiger partial charge in [0.05, 0.1) is 0 Å². The molecule has 4 saturated carbocycles. The summed E-state index contributed by atoms with van der Waals surface area (Å²) in [6, 6.07) is 4.54. The molecule has 2 nitrogen and oxygen atoms in total. The summed E-state index contributed by atoms with van der Waals surface area (Å²) in [4.78, 5) is 3.59. The maximum absolute atomic E-state index is 5.63. The first-order valence-corrected chi connectivity index (χ1v) is 8.18. The second-order valence-corrected chi connectivity index (χ2v) is 7.35. The van der Waals surface area contributed by atoms with Crippen molar-refractivity contribution in [2.24, 2.45) is 35.3 Å². The van der Waals surface area contributed by atoms with Crippen LogP contribution in [0.1, 0.15) is 43.5 Å². The summed E-state index contributed by atoms with van der Waals surface area (Å²) in [5, 5.41) is 0. The van der Waals surface area contributed by atoms with Gasteiger partial charge in [-0.25, -0.2) is 0 Å². The van der Waals surface area contributed by atoms with E-state index >= 15 is 0 Å². The number of aromatic amines is 1. The molecular weight excluding hydrogens is 232 g/mol. The van der Waals surface area contributed by atoms with Crippen molar-refractivity contribution in [2.45, 2.75) is 44.9 Å². The summed E-state index contributed by atoms with van der Waals surface area (Å²) in [7, 11) is 0. The molecule has 3 N–H and O–H groups in total. The van der Waals surface area contributed by atoms with Gasteiger partial charge >= 0.3 is 0 Å². The summed E-state index contributed by atoms with van der Waals surface area (Å²) < 4.78 is 0. The van der Waals surface area contributed by atoms with Crippen molar-refractivity contribution in [1.29, 1.82) is 0 Å². The second kappa shape index (κ2) is 4.66. The Kier molecular flexibility index (Phi) is 2.95. The highest BCUT2D eigenvalue weighted by atomic mass is 14.7. The van der Waals surface area contributed by atoms with E-state index in [2.05, 4.69) is 17.1 Å². The summed E-state index contributed by atoms with van der Waals surface area (Å²) in [5.74, 6) is 5.23. The van der Waals surface area contributed by atoms with E-state index in [0.29, 0.717) is 0 Å². The molecule has 0 spiro atoms. The van der Waals surface area contributed by atoms with Crippen LogP contribution in [0.2, 0.25) is 0 Å². The van der Waals surface area contributed by atoms with E-state index in [-0.39, 0.29) is 0 Å². The summed E-state index contributed by atoms with van der Waals surface area (Å²) >= 11 is 0. The Morgan fingerprint density at radius 1 is 0.947 bits per heavy atom. The van der Waals surface area contributed by atoms with Crippen LogP contribution in [0.15, 0.2) is 12.1 Å². The van der Waals surface area contributed by atoms with E-state index in [4.69, 9.17) is 5.73 Å². The van der Waals surface area contributed by atoms with Crippen molar-refractivity contribution in [3.05, 3.63) is 23.5 Å². The molecule has 0 unspecified atom stereocenters. The lowest BCUT2D eigenvalue weighted by molar-refractivity contribution is -0.0363. The largest absolute Gasteiger partial charge is 0.362 e. The molecule has 104 valence electrons. The quantitative estimate of drug-likeness (QED) is 0.856. The zero-order chi connectivity index (χ0) is 12.8. The van der Waals surface area contributed by atoms with Crippen LogP contribution in [0.25, 0.3) is 0 Å². The Bertz CT molecular complexity index is 420. The Morgan fingerprint density at radius 3 is 2.21 bits per heavy atom. The van der Waals surface area contributed by atoms with Gasteiger partial charge in [-0.3, -0.25) is 0 Å². The topological polar surface area (TPSA) is 41.8 Å². The minimum atomic E-state index is 0.748. The van der Waals surface area contributed by atoms with Gasteiger partial charge in [-0.05, 0) is 93.2 Å². The monoisotopic (exact) mass is 258 g/mol. The molecule has 0 amide bonds. The first-order valence-electron chi connectivity index (χ1n) is 8.18. The molecule has 1 aromatic heterocycles. The standard InChI is InChI=1S/C17H26N2/c18-4-3-15-1-2-16(19-15)10-17-13-6-11-5-12(8-13)9-14(17)7-11/h1-2,11-14,17,19H,3-10,18H2. The number of nitrogens with one attached hydrogen (secondary N) is 1. The lowest BCUT2D eigenvalue weighted by atomic mass is 9.51. The van der Waals surface area contributed by atoms with Gasteiger partial charge in [0, 0.05) is 11.4 Å². The van der Waals surface area contributed by atoms with Crippen molar-refractivity contribution in [1.82, 2.24) is 4.98 Å². The number of hydrogen-bond donors (Lipinski definition) is 2. The maximum Gasteiger partial charge on any atom is 0.0161 e. The molecule has 4 bridgehead atoms. The van der Waals surface area contributed by atoms with Crippen LogP contribution in [-0.4, -0.2) is 11.5 Å². The molecule has 0 saturated heterocycles. The van der Waals surface area contributed by atoms with E-state index in [1.807, 2.05) is 0 Å². The van der Waals surface area contributed by atoms with Gasteiger partial charge in [-0.2, -0.15) is 0 Å². The molecule has 0 radical (unpaired) electrons. The zero-order valence-corrected chi connectivity index (χ0v) is 11.8. The fourth-order valence-corrected chi connectivity index (χ4v) is 5.54. The third-order valence-electron chi connectivity index (χ3n) is 6.10. The molecular formula is C17H26N2. The van der Waals surface area contributed by atoms with E-state index < -0.39 is 0 Å². The fraction of sp³-hybridized carbons (Fsp3) is 0.765. The van der Waals surface area contributed by atoms with Gasteiger partial charge in [-0.1, -0.05) is 0 Å². The van der Waals surface area contributed by atoms with Gasteiger partial charge in [0.25, 0.3) is 0 Å². The summed E-state index contributed by atoms with van der Waals surface area (Å²) in [5.41, 5.74) is 8.41. The Hall–Kier alpha value is -0.760. The lowest BCUT2D eigenvalue weighted by Gasteiger charge is -2.54. The van der Waals surface area contributed by atoms with Gasteiger partial charge in [0.1, 0.15) is 0 Å². The number of aromatic nitrogens is 1. The smallest absolute Gasteiger partial charge is 0.0161 e. The van der Waals surface area contributed by atoms with Gasteiger partial charge in [0.2, 0.25) is 0 Å². The fourth-order valence-electron chi connectivity index (χ4n) is 5.54. The first kappa shape index (κ1) is 12.0. The van der Waals surface area contributed by atoms with E-state index in [1.165, 1.54) is 43.5 Å². The van der Waals surface area contributed by atoms with Crippen molar-refractivity contribution in [2.75, 3.05) is 6.54 Å². The van der Waals surface area contributed by atoms with E-state index in [1.54, 1.807) is 6.42 Å². The Balaban J connectivity index is 1.47. The highest BCUT2D eigenvalue weighted by Gasteiger charge is 2.47. The Morgan fingerprint density at radius 2 is 1.58 bits per heavy atom. The SMILES string of the molecule is NCCc1ccc(CC2C3CC4CC(C3)CC2C4)[nH]1. The molecule has 2 heteroatoms. The van der Waals surface area contributed by atoms with Crippen molar-refractivity contribution < 1.29 is 0 Å². The van der Waals surface area contributed by atoms with Crippen LogP contribution in [-0.2, 0) is 12.8 Å². The molecule has 19 heavy (non-hydrogen) atoms. The highest BCUT2D eigenvalue weighted by molar-refractivity contribution is 5.15. The number of nitrogens with two attached hydrogens (primary N) is 1. The maximum atomic E-state index is 5.63. The molecule has 4 aliphatic carbocycles. The van der Waals surface area contributed by atoms with Crippen molar-refractivity contribution >= 4 is 0 Å². The molecule has 0 atom stereocenters. The predicted octanol–water partition coefficient (Wildman–Crippen LogP) is 3.13. The number of H-pyrrole nitrogens is 1. The summed E-state index contributed by atoms with van der Waals surface area (Å²) in [6.07, 6.45) is 9.98. The normalized spacial score (nSPS) is 39.9. The van der Waals surface area contributed by atoms with E-state index in [9.17, 15) is 0 Å². The van der Waals surface area contributed by atoms with Crippen LogP contribution in [0.5, 0.6) is 0 Å². The third kappa shape index (κ3) is 2.14. The second-order valence-electron chi connectivity index (χ2n) is 7.35. The number of hydrogen-bond acceptors (Lipinski definition) is 1. The van der Waals surface area contributed by atoms with Crippen LogP contribution in [0, 0.1) is 29.6 Å². The van der Waals surface area contributed by atoms with Crippen LogP contribution in [0.4, 0.5) is 0 Å². The van der Waals surface area contributed by atoms with Crippen LogP contribution < -0.4 is 5.73 Å².